The van der Waals surface area contributed by atoms with E-state index in [9.17, 15) is 9.18 Å². The quantitative estimate of drug-likeness (QED) is 0.897. The first kappa shape index (κ1) is 14.3. The molecule has 0 aliphatic rings. The Hall–Kier alpha value is -3.14. The monoisotopic (exact) mass is 287 g/mol. The minimum atomic E-state index is -1.31. The first-order valence-corrected chi connectivity index (χ1v) is 5.79. The van der Waals surface area contributed by atoms with Gasteiger partial charge in [-0.1, -0.05) is 0 Å². The van der Waals surface area contributed by atoms with Gasteiger partial charge in [-0.25, -0.2) is 14.2 Å². The van der Waals surface area contributed by atoms with Crippen molar-refractivity contribution in [2.75, 3.05) is 12.4 Å². The number of halogens is 1. The summed E-state index contributed by atoms with van der Waals surface area (Å²) in [6.07, 6.45) is 0.908. The van der Waals surface area contributed by atoms with Crippen molar-refractivity contribution in [2.24, 2.45) is 0 Å². The lowest BCUT2D eigenvalue weighted by Gasteiger charge is -2.12. The van der Waals surface area contributed by atoms with Crippen molar-refractivity contribution in [2.45, 2.75) is 0 Å². The summed E-state index contributed by atoms with van der Waals surface area (Å²) in [6.45, 7) is 0. The summed E-state index contributed by atoms with van der Waals surface area (Å²) in [6, 6.07) is 7.41. The van der Waals surface area contributed by atoms with Crippen LogP contribution in [-0.4, -0.2) is 23.2 Å². The Morgan fingerprint density at radius 1 is 1.48 bits per heavy atom. The van der Waals surface area contributed by atoms with Gasteiger partial charge < -0.3 is 15.2 Å². The van der Waals surface area contributed by atoms with Crippen molar-refractivity contribution in [1.82, 2.24) is 4.98 Å². The number of aromatic carboxylic acids is 1. The van der Waals surface area contributed by atoms with Gasteiger partial charge in [0.15, 0.2) is 0 Å². The molecule has 2 aromatic rings. The molecule has 2 N–H and O–H groups in total. The molecule has 7 heteroatoms. The van der Waals surface area contributed by atoms with E-state index in [0.717, 1.165) is 12.3 Å². The first-order valence-electron chi connectivity index (χ1n) is 5.79. The lowest BCUT2D eigenvalue weighted by Crippen LogP contribution is -2.06. The molecule has 106 valence electrons. The van der Waals surface area contributed by atoms with Crippen molar-refractivity contribution in [3.05, 3.63) is 47.4 Å². The molecule has 0 atom stereocenters. The second kappa shape index (κ2) is 5.88. The molecular formula is C14H10FN3O3. The fourth-order valence-corrected chi connectivity index (χ4v) is 1.69. The van der Waals surface area contributed by atoms with E-state index in [2.05, 4.69) is 10.3 Å². The summed E-state index contributed by atoms with van der Waals surface area (Å²) in [7, 11) is 1.41. The van der Waals surface area contributed by atoms with Gasteiger partial charge in [-0.3, -0.25) is 0 Å². The number of nitrogens with one attached hydrogen (secondary N) is 1. The lowest BCUT2D eigenvalue weighted by atomic mass is 10.2. The number of hydrogen-bond acceptors (Lipinski definition) is 5. The predicted octanol–water partition coefficient (Wildman–Crippen LogP) is 2.54. The summed E-state index contributed by atoms with van der Waals surface area (Å²) in [5.74, 6) is -1.73. The average Bonchev–Trinajstić information content (AvgIpc) is 2.49. The highest BCUT2D eigenvalue weighted by Gasteiger charge is 2.15. The minimum absolute atomic E-state index is 0.0214. The van der Waals surface area contributed by atoms with Crippen LogP contribution in [0.4, 0.5) is 15.9 Å². The summed E-state index contributed by atoms with van der Waals surface area (Å²) in [4.78, 5) is 14.8. The number of methoxy groups -OCH3 is 1. The van der Waals surface area contributed by atoms with Gasteiger partial charge in [0.25, 0.3) is 0 Å². The molecule has 1 aromatic carbocycles. The van der Waals surface area contributed by atoms with Gasteiger partial charge >= 0.3 is 5.97 Å². The fraction of sp³-hybridized carbons (Fsp3) is 0.0714. The molecule has 0 radical (unpaired) electrons. The number of rotatable bonds is 4. The Balaban J connectivity index is 2.43. The topological polar surface area (TPSA) is 95.2 Å². The zero-order valence-corrected chi connectivity index (χ0v) is 10.9. The number of carboxylic acids is 1. The lowest BCUT2D eigenvalue weighted by molar-refractivity contribution is 0.0697. The summed E-state index contributed by atoms with van der Waals surface area (Å²) in [5, 5.41) is 20.6. The van der Waals surface area contributed by atoms with Gasteiger partial charge in [0, 0.05) is 6.07 Å². The molecule has 0 saturated carbocycles. The molecule has 0 amide bonds. The number of carbonyl (C=O) groups is 1. The van der Waals surface area contributed by atoms with Crippen LogP contribution in [0.15, 0.2) is 30.5 Å². The Bertz CT molecular complexity index is 741. The molecule has 0 spiro atoms. The normalized spacial score (nSPS) is 9.76. The van der Waals surface area contributed by atoms with Crippen molar-refractivity contribution < 1.29 is 19.0 Å². The maximum atomic E-state index is 13.1. The molecular weight excluding hydrogens is 277 g/mol. The number of ether oxygens (including phenoxy) is 1. The molecule has 6 nitrogen and oxygen atoms in total. The number of aromatic nitrogens is 1. The van der Waals surface area contributed by atoms with E-state index in [0.29, 0.717) is 17.0 Å². The van der Waals surface area contributed by atoms with E-state index >= 15 is 0 Å². The van der Waals surface area contributed by atoms with E-state index in [-0.39, 0.29) is 11.4 Å². The molecule has 0 saturated heterocycles. The Morgan fingerprint density at radius 3 is 2.86 bits per heavy atom. The zero-order valence-electron chi connectivity index (χ0n) is 10.9. The van der Waals surface area contributed by atoms with Crippen LogP contribution < -0.4 is 10.1 Å². The van der Waals surface area contributed by atoms with Crippen LogP contribution in [-0.2, 0) is 0 Å². The van der Waals surface area contributed by atoms with Crippen LogP contribution >= 0.6 is 0 Å². The van der Waals surface area contributed by atoms with E-state index < -0.39 is 11.8 Å². The van der Waals surface area contributed by atoms with Crippen LogP contribution in [0, 0.1) is 17.1 Å². The predicted molar refractivity (Wildman–Crippen MR) is 72.1 cm³/mol. The van der Waals surface area contributed by atoms with Crippen LogP contribution in [0.2, 0.25) is 0 Å². The number of nitriles is 1. The van der Waals surface area contributed by atoms with Crippen molar-refractivity contribution >= 4 is 17.5 Å². The van der Waals surface area contributed by atoms with Crippen LogP contribution in [0.5, 0.6) is 5.75 Å². The number of carboxylic acid groups (broad SMARTS) is 1. The third-order valence-electron chi connectivity index (χ3n) is 2.67. The molecule has 1 aromatic heterocycles. The number of pyridine rings is 1. The Kier molecular flexibility index (Phi) is 4.00. The van der Waals surface area contributed by atoms with Crippen molar-refractivity contribution in [3.63, 3.8) is 0 Å². The maximum absolute atomic E-state index is 13.1. The van der Waals surface area contributed by atoms with Gasteiger partial charge in [0.05, 0.1) is 30.6 Å². The van der Waals surface area contributed by atoms with Gasteiger partial charge in [-0.05, 0) is 18.2 Å². The summed E-state index contributed by atoms with van der Waals surface area (Å²) >= 11 is 0. The largest absolute Gasteiger partial charge is 0.495 e. The summed E-state index contributed by atoms with van der Waals surface area (Å²) in [5.41, 5.74) is 0.502. The smallest absolute Gasteiger partial charge is 0.339 e. The molecule has 21 heavy (non-hydrogen) atoms. The molecule has 0 fully saturated rings. The Morgan fingerprint density at radius 2 is 2.24 bits per heavy atom. The SMILES string of the molecule is COc1cc(C#N)ccc1Nc1ncc(F)cc1C(=O)O. The highest BCUT2D eigenvalue weighted by atomic mass is 19.1. The van der Waals surface area contributed by atoms with Crippen LogP contribution in [0.25, 0.3) is 0 Å². The standard InChI is InChI=1S/C14H10FN3O3/c1-21-12-4-8(6-16)2-3-11(12)18-13-10(14(19)20)5-9(15)7-17-13/h2-5,7H,1H3,(H,17,18)(H,19,20). The molecule has 0 aliphatic heterocycles. The fourth-order valence-electron chi connectivity index (χ4n) is 1.69. The van der Waals surface area contributed by atoms with Gasteiger partial charge in [-0.2, -0.15) is 5.26 Å². The number of anilines is 2. The second-order valence-corrected chi connectivity index (χ2v) is 4.01. The van der Waals surface area contributed by atoms with Gasteiger partial charge in [0.2, 0.25) is 0 Å². The van der Waals surface area contributed by atoms with Crippen LogP contribution in [0.3, 0.4) is 0 Å². The number of hydrogen-bond donors (Lipinski definition) is 2. The second-order valence-electron chi connectivity index (χ2n) is 4.01. The molecule has 0 aliphatic carbocycles. The Labute approximate surface area is 119 Å². The van der Waals surface area contributed by atoms with Gasteiger partial charge in [0.1, 0.15) is 22.9 Å². The van der Waals surface area contributed by atoms with Crippen molar-refractivity contribution in [1.29, 1.82) is 5.26 Å². The third-order valence-corrected chi connectivity index (χ3v) is 2.67. The zero-order chi connectivity index (χ0) is 15.4. The number of nitrogens with zero attached hydrogens (tertiary/aromatic N) is 2. The molecule has 0 bridgehead atoms. The van der Waals surface area contributed by atoms with Gasteiger partial charge in [-0.15, -0.1) is 0 Å². The van der Waals surface area contributed by atoms with E-state index in [1.807, 2.05) is 6.07 Å². The molecule has 1 heterocycles. The summed E-state index contributed by atoms with van der Waals surface area (Å²) < 4.78 is 18.2. The third kappa shape index (κ3) is 3.06. The van der Waals surface area contributed by atoms with E-state index in [4.69, 9.17) is 15.1 Å². The highest BCUT2D eigenvalue weighted by Crippen LogP contribution is 2.29. The minimum Gasteiger partial charge on any atom is -0.495 e. The first-order chi connectivity index (χ1) is 10.0. The molecule has 2 rings (SSSR count). The van der Waals surface area contributed by atoms with Crippen LogP contribution in [0.1, 0.15) is 15.9 Å². The van der Waals surface area contributed by atoms with E-state index in [1.54, 1.807) is 6.07 Å². The van der Waals surface area contributed by atoms with E-state index in [1.165, 1.54) is 19.2 Å². The number of benzene rings is 1. The maximum Gasteiger partial charge on any atom is 0.339 e. The highest BCUT2D eigenvalue weighted by molar-refractivity contribution is 5.94. The van der Waals surface area contributed by atoms with Crippen molar-refractivity contribution in [3.8, 4) is 11.8 Å². The molecule has 0 unspecified atom stereocenters. The average molecular weight is 287 g/mol.